The topological polar surface area (TPSA) is 81.3 Å². The standard InChI is InChI=1S/C17H26N4O3.HI/c18-17(19-5-1-6-21-7-11-22-12-8-21)20-14-3-4-15-16(13-14)24-10-2-9-23-15;/h3-4,13H,1-2,5-12H2,(H3,18,19,20);1H. The summed E-state index contributed by atoms with van der Waals surface area (Å²) in [7, 11) is 0. The molecule has 0 unspecified atom stereocenters. The molecular formula is C17H27IN4O3. The molecule has 1 aromatic carbocycles. The van der Waals surface area contributed by atoms with Crippen molar-refractivity contribution in [2.75, 3.05) is 57.9 Å². The smallest absolute Gasteiger partial charge is 0.193 e. The lowest BCUT2D eigenvalue weighted by molar-refractivity contribution is 0.0377. The maximum Gasteiger partial charge on any atom is 0.193 e. The highest BCUT2D eigenvalue weighted by Gasteiger charge is 2.11. The molecule has 2 aliphatic rings. The van der Waals surface area contributed by atoms with Gasteiger partial charge in [-0.2, -0.15) is 0 Å². The summed E-state index contributed by atoms with van der Waals surface area (Å²) < 4.78 is 16.6. The molecule has 1 saturated heterocycles. The van der Waals surface area contributed by atoms with E-state index in [1.165, 1.54) is 0 Å². The lowest BCUT2D eigenvalue weighted by Gasteiger charge is -2.26. The van der Waals surface area contributed by atoms with E-state index in [0.717, 1.165) is 62.9 Å². The van der Waals surface area contributed by atoms with Gasteiger partial charge in [0.1, 0.15) is 0 Å². The van der Waals surface area contributed by atoms with Gasteiger partial charge < -0.3 is 25.3 Å². The van der Waals surface area contributed by atoms with Gasteiger partial charge in [-0.1, -0.05) is 0 Å². The molecule has 3 N–H and O–H groups in total. The van der Waals surface area contributed by atoms with Gasteiger partial charge in [-0.05, 0) is 18.6 Å². The summed E-state index contributed by atoms with van der Waals surface area (Å²) in [5, 5.41) is 3.11. The number of benzene rings is 1. The molecule has 0 spiro atoms. The SMILES string of the molecule is I.NC(=NCCCN1CCOCC1)Nc1ccc2c(c1)OCCCO2. The number of nitrogens with one attached hydrogen (secondary N) is 1. The molecular weight excluding hydrogens is 435 g/mol. The van der Waals surface area contributed by atoms with Crippen molar-refractivity contribution in [3.05, 3.63) is 18.2 Å². The Bertz CT molecular complexity index is 565. The number of nitrogens with two attached hydrogens (primary N) is 1. The van der Waals surface area contributed by atoms with Crippen molar-refractivity contribution in [1.82, 2.24) is 4.90 Å². The van der Waals surface area contributed by atoms with Crippen LogP contribution in [0.4, 0.5) is 5.69 Å². The molecule has 2 heterocycles. The number of aliphatic imine (C=N–C) groups is 1. The Morgan fingerprint density at radius 3 is 2.68 bits per heavy atom. The molecule has 0 saturated carbocycles. The number of guanidine groups is 1. The van der Waals surface area contributed by atoms with E-state index in [9.17, 15) is 0 Å². The van der Waals surface area contributed by atoms with E-state index in [-0.39, 0.29) is 24.0 Å². The lowest BCUT2D eigenvalue weighted by atomic mass is 10.3. The van der Waals surface area contributed by atoms with Crippen LogP contribution in [0.25, 0.3) is 0 Å². The predicted molar refractivity (Wildman–Crippen MR) is 109 cm³/mol. The number of fused-ring (bicyclic) bond motifs is 1. The minimum absolute atomic E-state index is 0. The zero-order chi connectivity index (χ0) is 16.6. The second-order valence-electron chi connectivity index (χ2n) is 5.91. The Labute approximate surface area is 165 Å². The Balaban J connectivity index is 0.00000225. The van der Waals surface area contributed by atoms with Crippen LogP contribution in [-0.4, -0.2) is 63.5 Å². The molecule has 1 aromatic rings. The average Bonchev–Trinajstić information content (AvgIpc) is 2.84. The van der Waals surface area contributed by atoms with E-state index in [0.29, 0.717) is 25.7 Å². The summed E-state index contributed by atoms with van der Waals surface area (Å²) in [5.41, 5.74) is 6.82. The van der Waals surface area contributed by atoms with Gasteiger partial charge in [0, 0.05) is 44.4 Å². The summed E-state index contributed by atoms with van der Waals surface area (Å²) >= 11 is 0. The number of hydrogen-bond acceptors (Lipinski definition) is 5. The Hall–Kier alpha value is -1.26. The van der Waals surface area contributed by atoms with E-state index in [2.05, 4.69) is 15.2 Å². The second-order valence-corrected chi connectivity index (χ2v) is 5.91. The molecule has 0 aliphatic carbocycles. The van der Waals surface area contributed by atoms with Crippen LogP contribution >= 0.6 is 24.0 Å². The zero-order valence-corrected chi connectivity index (χ0v) is 16.7. The molecule has 7 nitrogen and oxygen atoms in total. The molecule has 3 rings (SSSR count). The molecule has 0 radical (unpaired) electrons. The van der Waals surface area contributed by atoms with Gasteiger partial charge in [0.15, 0.2) is 17.5 Å². The van der Waals surface area contributed by atoms with E-state index in [4.69, 9.17) is 19.9 Å². The first-order valence-electron chi connectivity index (χ1n) is 8.58. The number of nitrogens with zero attached hydrogens (tertiary/aromatic N) is 2. The van der Waals surface area contributed by atoms with Crippen LogP contribution in [0.5, 0.6) is 11.5 Å². The van der Waals surface area contributed by atoms with Crippen LogP contribution in [0.2, 0.25) is 0 Å². The fourth-order valence-electron chi connectivity index (χ4n) is 2.75. The van der Waals surface area contributed by atoms with Crippen LogP contribution in [0.1, 0.15) is 12.8 Å². The Morgan fingerprint density at radius 2 is 1.88 bits per heavy atom. The van der Waals surface area contributed by atoms with E-state index >= 15 is 0 Å². The number of morpholine rings is 1. The van der Waals surface area contributed by atoms with E-state index in [1.54, 1.807) is 0 Å². The quantitative estimate of drug-likeness (QED) is 0.301. The minimum atomic E-state index is 0. The zero-order valence-electron chi connectivity index (χ0n) is 14.4. The van der Waals surface area contributed by atoms with Crippen molar-refractivity contribution in [3.63, 3.8) is 0 Å². The molecule has 0 atom stereocenters. The third-order valence-electron chi connectivity index (χ3n) is 4.04. The number of hydrogen-bond donors (Lipinski definition) is 2. The van der Waals surface area contributed by atoms with Crippen molar-refractivity contribution < 1.29 is 14.2 Å². The third kappa shape index (κ3) is 6.52. The number of anilines is 1. The molecule has 25 heavy (non-hydrogen) atoms. The second kappa shape index (κ2) is 10.7. The molecule has 0 bridgehead atoms. The van der Waals surface area contributed by atoms with E-state index < -0.39 is 0 Å². The maximum atomic E-state index is 5.97. The summed E-state index contributed by atoms with van der Waals surface area (Å²) in [6.07, 6.45) is 1.88. The van der Waals surface area contributed by atoms with Gasteiger partial charge in [-0.25, -0.2) is 0 Å². The molecule has 140 valence electrons. The fraction of sp³-hybridized carbons (Fsp3) is 0.588. The average molecular weight is 462 g/mol. The highest BCUT2D eigenvalue weighted by atomic mass is 127. The van der Waals surface area contributed by atoms with Crippen LogP contribution in [-0.2, 0) is 4.74 Å². The monoisotopic (exact) mass is 462 g/mol. The van der Waals surface area contributed by atoms with Crippen molar-refractivity contribution in [2.45, 2.75) is 12.8 Å². The van der Waals surface area contributed by atoms with Gasteiger partial charge >= 0.3 is 0 Å². The van der Waals surface area contributed by atoms with Crippen LogP contribution in [0.15, 0.2) is 23.2 Å². The van der Waals surface area contributed by atoms with Crippen LogP contribution in [0, 0.1) is 0 Å². The minimum Gasteiger partial charge on any atom is -0.490 e. The number of ether oxygens (including phenoxy) is 3. The first kappa shape index (κ1) is 20.1. The van der Waals surface area contributed by atoms with Crippen LogP contribution in [0.3, 0.4) is 0 Å². The summed E-state index contributed by atoms with van der Waals surface area (Å²) in [6.45, 7) is 6.77. The Kier molecular flexibility index (Phi) is 8.56. The number of halogens is 1. The largest absolute Gasteiger partial charge is 0.490 e. The normalized spacial score (nSPS) is 18.2. The van der Waals surface area contributed by atoms with Gasteiger partial charge in [0.25, 0.3) is 0 Å². The lowest BCUT2D eigenvalue weighted by Crippen LogP contribution is -2.37. The number of rotatable bonds is 5. The fourth-order valence-corrected chi connectivity index (χ4v) is 2.75. The molecule has 1 fully saturated rings. The predicted octanol–water partition coefficient (Wildman–Crippen LogP) is 1.91. The third-order valence-corrected chi connectivity index (χ3v) is 4.04. The summed E-state index contributed by atoms with van der Waals surface area (Å²) in [4.78, 5) is 6.78. The Morgan fingerprint density at radius 1 is 1.12 bits per heavy atom. The van der Waals surface area contributed by atoms with Gasteiger partial charge in [0.05, 0.1) is 26.4 Å². The van der Waals surface area contributed by atoms with Crippen molar-refractivity contribution in [3.8, 4) is 11.5 Å². The van der Waals surface area contributed by atoms with Crippen molar-refractivity contribution >= 4 is 35.6 Å². The first-order valence-corrected chi connectivity index (χ1v) is 8.58. The van der Waals surface area contributed by atoms with Gasteiger partial charge in [-0.3, -0.25) is 9.89 Å². The van der Waals surface area contributed by atoms with Crippen LogP contribution < -0.4 is 20.5 Å². The van der Waals surface area contributed by atoms with Gasteiger partial charge in [-0.15, -0.1) is 24.0 Å². The highest BCUT2D eigenvalue weighted by molar-refractivity contribution is 14.0. The first-order chi connectivity index (χ1) is 11.8. The summed E-state index contributed by atoms with van der Waals surface area (Å²) in [5.74, 6) is 1.95. The highest BCUT2D eigenvalue weighted by Crippen LogP contribution is 2.32. The van der Waals surface area contributed by atoms with Gasteiger partial charge in [0.2, 0.25) is 0 Å². The van der Waals surface area contributed by atoms with Crippen molar-refractivity contribution in [1.29, 1.82) is 0 Å². The molecule has 0 amide bonds. The van der Waals surface area contributed by atoms with E-state index in [1.807, 2.05) is 18.2 Å². The summed E-state index contributed by atoms with van der Waals surface area (Å²) in [6, 6.07) is 5.72. The molecule has 2 aliphatic heterocycles. The van der Waals surface area contributed by atoms with Crippen molar-refractivity contribution in [2.24, 2.45) is 10.7 Å². The molecule has 0 aromatic heterocycles. The molecule has 8 heteroatoms. The maximum absolute atomic E-state index is 5.97.